The Balaban J connectivity index is 1.14. The number of carbonyl (C=O) groups is 2. The molecule has 15 unspecified atom stereocenters. The van der Waals surface area contributed by atoms with Gasteiger partial charge in [0.2, 0.25) is 0 Å². The van der Waals surface area contributed by atoms with Crippen molar-refractivity contribution in [3.8, 4) is 0 Å². The molecule has 2 heterocycles. The molecular weight excluding hydrogens is 728 g/mol. The van der Waals surface area contributed by atoms with E-state index in [9.17, 15) is 50.4 Å². The standard InChI is InChI=1S/C42H66O14/c1-19-10-15-41(36(49)50)16-17-42(37(51)52)22(27(41)20(19)2)8-9-25-39(6)13-12-26(38(4,5)24(39)11-14-40(25,42)7)55-35-32(48)33(28(44)21(3)53-35)56-34-31(47)30(46)29(45)23(18-43)54-34/h8,19-21,23-35,43-48H,9-18H2,1-7H3,(H,49,50)(H,51,52)/t19?,20?,21?,23?,24?,25?,26-,27?,28?,29?,30?,31?,32?,33?,34?,35?,39-,40+,41-,42+/m1/s1. The van der Waals surface area contributed by atoms with Crippen molar-refractivity contribution < 1.29 is 69.4 Å². The fourth-order valence-corrected chi connectivity index (χ4v) is 14.0. The minimum absolute atomic E-state index is 0.0190. The van der Waals surface area contributed by atoms with Crippen molar-refractivity contribution in [2.75, 3.05) is 6.61 Å². The van der Waals surface area contributed by atoms with Gasteiger partial charge >= 0.3 is 11.9 Å². The molecule has 0 bridgehead atoms. The van der Waals surface area contributed by atoms with Gasteiger partial charge in [0.15, 0.2) is 12.6 Å². The zero-order valence-corrected chi connectivity index (χ0v) is 33.9. The smallest absolute Gasteiger partial charge is 0.314 e. The molecule has 0 amide bonds. The molecular formula is C42H66O14. The zero-order chi connectivity index (χ0) is 41.1. The van der Waals surface area contributed by atoms with E-state index in [1.54, 1.807) is 6.92 Å². The summed E-state index contributed by atoms with van der Waals surface area (Å²) in [5.74, 6) is -1.49. The van der Waals surface area contributed by atoms with Gasteiger partial charge in [-0.05, 0) is 111 Å². The molecule has 7 rings (SSSR count). The Morgan fingerprint density at radius 1 is 0.750 bits per heavy atom. The van der Waals surface area contributed by atoms with Crippen molar-refractivity contribution in [2.45, 2.75) is 174 Å². The average molecular weight is 795 g/mol. The maximum absolute atomic E-state index is 14.0. The van der Waals surface area contributed by atoms with Gasteiger partial charge in [-0.3, -0.25) is 9.59 Å². The summed E-state index contributed by atoms with van der Waals surface area (Å²) < 4.78 is 24.1. The Morgan fingerprint density at radius 2 is 1.43 bits per heavy atom. The fraction of sp³-hybridized carbons (Fsp3) is 0.905. The predicted octanol–water partition coefficient (Wildman–Crippen LogP) is 2.83. The van der Waals surface area contributed by atoms with Crippen LogP contribution in [0.25, 0.3) is 0 Å². The highest BCUT2D eigenvalue weighted by molar-refractivity contribution is 5.84. The van der Waals surface area contributed by atoms with Gasteiger partial charge in [-0.2, -0.15) is 0 Å². The summed E-state index contributed by atoms with van der Waals surface area (Å²) in [4.78, 5) is 27.1. The Labute approximate surface area is 329 Å². The first kappa shape index (κ1) is 42.4. The monoisotopic (exact) mass is 794 g/mol. The molecule has 6 fully saturated rings. The van der Waals surface area contributed by atoms with Crippen molar-refractivity contribution >= 4 is 11.9 Å². The Hall–Kier alpha value is -1.72. The first-order chi connectivity index (χ1) is 26.1. The quantitative estimate of drug-likeness (QED) is 0.137. The molecule has 318 valence electrons. The highest BCUT2D eigenvalue weighted by Gasteiger charge is 2.73. The lowest BCUT2D eigenvalue weighted by molar-refractivity contribution is -0.366. The lowest BCUT2D eigenvalue weighted by atomic mass is 9.33. The normalized spacial score (nSPS) is 54.1. The first-order valence-electron chi connectivity index (χ1n) is 20.9. The lowest BCUT2D eigenvalue weighted by Gasteiger charge is -2.70. The van der Waals surface area contributed by atoms with E-state index in [1.165, 1.54) is 0 Å². The highest BCUT2D eigenvalue weighted by Crippen LogP contribution is 2.76. The fourth-order valence-electron chi connectivity index (χ4n) is 14.0. The van der Waals surface area contributed by atoms with E-state index in [0.717, 1.165) is 24.8 Å². The van der Waals surface area contributed by atoms with E-state index < -0.39 is 108 Å². The van der Waals surface area contributed by atoms with E-state index in [1.807, 2.05) is 0 Å². The van der Waals surface area contributed by atoms with E-state index in [0.29, 0.717) is 44.4 Å². The number of carboxylic acids is 2. The number of hydrogen-bond donors (Lipinski definition) is 8. The number of aliphatic hydroxyl groups excluding tert-OH is 6. The second-order valence-electron chi connectivity index (χ2n) is 20.0. The van der Waals surface area contributed by atoms with Crippen molar-refractivity contribution in [1.82, 2.24) is 0 Å². The molecule has 14 heteroatoms. The molecule has 0 radical (unpaired) electrons. The molecule has 2 saturated heterocycles. The highest BCUT2D eigenvalue weighted by atomic mass is 16.7. The number of carboxylic acid groups (broad SMARTS) is 2. The van der Waals surface area contributed by atoms with Gasteiger partial charge in [0.1, 0.15) is 42.7 Å². The maximum atomic E-state index is 14.0. The number of allylic oxidation sites excluding steroid dienone is 1. The van der Waals surface area contributed by atoms with Crippen LogP contribution in [0.3, 0.4) is 0 Å². The molecule has 4 saturated carbocycles. The molecule has 0 aromatic rings. The summed E-state index contributed by atoms with van der Waals surface area (Å²) in [5, 5.41) is 85.6. The van der Waals surface area contributed by atoms with Crippen molar-refractivity contribution in [1.29, 1.82) is 0 Å². The van der Waals surface area contributed by atoms with Gasteiger partial charge in [0.25, 0.3) is 0 Å². The SMILES string of the molecule is CC1CC[C@@]2(C(=O)O)CC[C@@]3(C(=O)O)C(=CCC4[C@]5(C)CC[C@@H](OC6OC(C)C(O)C(OC7OC(CO)C(O)C(O)C7O)C6O)C(C)(C)C5CC[C@@]43C)C2C1C. The maximum Gasteiger partial charge on any atom is 0.314 e. The average Bonchev–Trinajstić information content (AvgIpc) is 3.14. The van der Waals surface area contributed by atoms with Crippen molar-refractivity contribution in [2.24, 2.45) is 56.7 Å². The van der Waals surface area contributed by atoms with E-state index >= 15 is 0 Å². The Bertz CT molecular complexity index is 1550. The molecule has 5 aliphatic carbocycles. The number of aliphatic carboxylic acids is 2. The van der Waals surface area contributed by atoms with Gasteiger partial charge < -0.3 is 59.8 Å². The summed E-state index contributed by atoms with van der Waals surface area (Å²) in [6.45, 7) is 14.0. The molecule has 0 aromatic heterocycles. The zero-order valence-electron chi connectivity index (χ0n) is 33.9. The summed E-state index contributed by atoms with van der Waals surface area (Å²) in [6.07, 6.45) is -7.03. The van der Waals surface area contributed by atoms with Crippen LogP contribution >= 0.6 is 0 Å². The van der Waals surface area contributed by atoms with E-state index in [4.69, 9.17) is 18.9 Å². The summed E-state index contributed by atoms with van der Waals surface area (Å²) in [6, 6.07) is 0. The number of rotatable bonds is 7. The molecule has 14 nitrogen and oxygen atoms in total. The Kier molecular flexibility index (Phi) is 11.0. The largest absolute Gasteiger partial charge is 0.481 e. The van der Waals surface area contributed by atoms with E-state index in [2.05, 4.69) is 47.6 Å². The second kappa shape index (κ2) is 14.5. The third-order valence-electron chi connectivity index (χ3n) is 17.4. The molecule has 56 heavy (non-hydrogen) atoms. The number of ether oxygens (including phenoxy) is 4. The first-order valence-corrected chi connectivity index (χ1v) is 20.9. The van der Waals surface area contributed by atoms with Gasteiger partial charge in [-0.15, -0.1) is 0 Å². The predicted molar refractivity (Wildman–Crippen MR) is 198 cm³/mol. The van der Waals surface area contributed by atoms with Crippen LogP contribution in [-0.2, 0) is 28.5 Å². The minimum Gasteiger partial charge on any atom is -0.481 e. The van der Waals surface area contributed by atoms with E-state index in [-0.39, 0.29) is 29.1 Å². The van der Waals surface area contributed by atoms with Crippen LogP contribution in [0.15, 0.2) is 11.6 Å². The van der Waals surface area contributed by atoms with Crippen LogP contribution in [0.1, 0.15) is 106 Å². The third kappa shape index (κ3) is 5.85. The van der Waals surface area contributed by atoms with Crippen LogP contribution in [0.4, 0.5) is 0 Å². The lowest BCUT2D eigenvalue weighted by Crippen LogP contribution is -2.68. The number of aliphatic hydroxyl groups is 6. The van der Waals surface area contributed by atoms with Crippen LogP contribution in [0.5, 0.6) is 0 Å². The number of fused-ring (bicyclic) bond motifs is 7. The molecule has 0 aromatic carbocycles. The topological polar surface area (TPSA) is 233 Å². The third-order valence-corrected chi connectivity index (χ3v) is 17.4. The summed E-state index contributed by atoms with van der Waals surface area (Å²) in [7, 11) is 0. The molecule has 0 spiro atoms. The van der Waals surface area contributed by atoms with Crippen molar-refractivity contribution in [3.63, 3.8) is 0 Å². The summed E-state index contributed by atoms with van der Waals surface area (Å²) >= 11 is 0. The summed E-state index contributed by atoms with van der Waals surface area (Å²) in [5.41, 5.74) is -2.61. The molecule has 2 aliphatic heterocycles. The molecule has 8 N–H and O–H groups in total. The van der Waals surface area contributed by atoms with Crippen LogP contribution < -0.4 is 0 Å². The van der Waals surface area contributed by atoms with Gasteiger partial charge in [-0.25, -0.2) is 0 Å². The van der Waals surface area contributed by atoms with Gasteiger partial charge in [0, 0.05) is 0 Å². The number of hydrogen-bond acceptors (Lipinski definition) is 12. The van der Waals surface area contributed by atoms with Crippen LogP contribution in [0.2, 0.25) is 0 Å². The second-order valence-corrected chi connectivity index (χ2v) is 20.0. The molecule has 20 atom stereocenters. The van der Waals surface area contributed by atoms with Gasteiger partial charge in [0.05, 0.1) is 29.6 Å². The Morgan fingerprint density at radius 3 is 2.07 bits per heavy atom. The van der Waals surface area contributed by atoms with Gasteiger partial charge in [-0.1, -0.05) is 53.2 Å². The van der Waals surface area contributed by atoms with Crippen LogP contribution in [-0.4, -0.2) is 127 Å². The molecule has 7 aliphatic rings. The minimum atomic E-state index is -1.73. The van der Waals surface area contributed by atoms with Crippen molar-refractivity contribution in [3.05, 3.63) is 11.6 Å². The van der Waals surface area contributed by atoms with Crippen LogP contribution in [0, 0.1) is 56.7 Å².